The molecule has 1 nitrogen and oxygen atoms in total. The van der Waals surface area contributed by atoms with E-state index in [2.05, 4.69) is 289 Å². The smallest absolute Gasteiger partial charge is 0.0540 e. The van der Waals surface area contributed by atoms with Crippen molar-refractivity contribution in [1.29, 1.82) is 0 Å². The van der Waals surface area contributed by atoms with Crippen molar-refractivity contribution in [2.24, 2.45) is 0 Å². The summed E-state index contributed by atoms with van der Waals surface area (Å²) in [6.45, 7) is 30.5. The predicted molar refractivity (Wildman–Crippen MR) is 307 cm³/mol. The summed E-state index contributed by atoms with van der Waals surface area (Å²) < 4.78 is 0. The predicted octanol–water partition coefficient (Wildman–Crippen LogP) is 19.8. The zero-order valence-corrected chi connectivity index (χ0v) is 44.4. The summed E-state index contributed by atoms with van der Waals surface area (Å²) in [5.74, 6) is 0. The fraction of sp³-hybridized carbons (Fsp3) is 0.257. The molecule has 10 rings (SSSR count). The summed E-state index contributed by atoms with van der Waals surface area (Å²) in [4.78, 5) is 2.58. The second-order valence-corrected chi connectivity index (χ2v) is 24.4. The Morgan fingerprint density at radius 1 is 0.324 bits per heavy atom. The molecule has 1 atom stereocenters. The van der Waals surface area contributed by atoms with Crippen LogP contribution in [0.2, 0.25) is 0 Å². The van der Waals surface area contributed by atoms with Gasteiger partial charge in [0, 0.05) is 22.2 Å². The first-order valence-electron chi connectivity index (χ1n) is 25.8. The molecule has 1 heteroatoms. The van der Waals surface area contributed by atoms with Gasteiger partial charge in [-0.1, -0.05) is 247 Å². The standard InChI is InChI=1S/C70H71N/c1-66(2,3)50-39-48(40-51(42-50)67(4,5)6)56-32-23-25-46-26-24-33-60(65(46)56)59-31-19-22-36-64(59)71(54-44-52(68(7,8)9)43-53(45-54)69(10,11)12)63-35-21-18-29-55(63)47-37-38-58-57-30-17-20-34-61(57)70(13,62(58)41-47)49-27-15-14-16-28-49/h14-45H,1-13H3. The van der Waals surface area contributed by atoms with Gasteiger partial charge >= 0.3 is 0 Å². The van der Waals surface area contributed by atoms with Crippen LogP contribution >= 0.6 is 0 Å². The van der Waals surface area contributed by atoms with Gasteiger partial charge in [-0.05, 0) is 142 Å². The third kappa shape index (κ3) is 8.62. The minimum Gasteiger partial charge on any atom is -0.309 e. The van der Waals surface area contributed by atoms with E-state index in [-0.39, 0.29) is 27.1 Å². The molecular formula is C70H71N. The molecule has 0 spiro atoms. The molecule has 0 heterocycles. The average Bonchev–Trinajstić information content (AvgIpc) is 3.60. The minimum atomic E-state index is -0.320. The van der Waals surface area contributed by atoms with Crippen molar-refractivity contribution in [2.45, 2.75) is 117 Å². The molecule has 71 heavy (non-hydrogen) atoms. The number of rotatable bonds is 7. The number of anilines is 3. The van der Waals surface area contributed by atoms with Gasteiger partial charge in [-0.3, -0.25) is 0 Å². The molecule has 9 aromatic rings. The molecular weight excluding hydrogens is 855 g/mol. The normalized spacial score (nSPS) is 14.9. The second kappa shape index (κ2) is 17.4. The number of para-hydroxylation sites is 2. The molecule has 0 bridgehead atoms. The van der Waals surface area contributed by atoms with Gasteiger partial charge in [-0.2, -0.15) is 0 Å². The number of fused-ring (bicyclic) bond motifs is 4. The number of nitrogens with zero attached hydrogens (tertiary/aromatic N) is 1. The second-order valence-electron chi connectivity index (χ2n) is 24.4. The maximum atomic E-state index is 2.58. The van der Waals surface area contributed by atoms with E-state index < -0.39 is 0 Å². The van der Waals surface area contributed by atoms with Crippen LogP contribution in [0.5, 0.6) is 0 Å². The molecule has 0 fully saturated rings. The van der Waals surface area contributed by atoms with Crippen LogP contribution < -0.4 is 4.90 Å². The highest BCUT2D eigenvalue weighted by Crippen LogP contribution is 2.55. The van der Waals surface area contributed by atoms with Crippen molar-refractivity contribution in [2.75, 3.05) is 4.90 Å². The third-order valence-electron chi connectivity index (χ3n) is 15.3. The van der Waals surface area contributed by atoms with Crippen LogP contribution in [0.15, 0.2) is 194 Å². The monoisotopic (exact) mass is 926 g/mol. The summed E-state index contributed by atoms with van der Waals surface area (Å²) in [6, 6.07) is 73.9. The highest BCUT2D eigenvalue weighted by atomic mass is 15.1. The molecule has 0 aliphatic heterocycles. The Kier molecular flexibility index (Phi) is 11.7. The van der Waals surface area contributed by atoms with E-state index in [0.717, 1.165) is 17.1 Å². The lowest BCUT2D eigenvalue weighted by Crippen LogP contribution is -2.22. The molecule has 1 aliphatic carbocycles. The van der Waals surface area contributed by atoms with Gasteiger partial charge in [-0.25, -0.2) is 0 Å². The van der Waals surface area contributed by atoms with Gasteiger partial charge in [0.15, 0.2) is 0 Å². The van der Waals surface area contributed by atoms with Crippen LogP contribution in [0.3, 0.4) is 0 Å². The van der Waals surface area contributed by atoms with Crippen LogP contribution in [-0.2, 0) is 27.1 Å². The van der Waals surface area contributed by atoms with Crippen molar-refractivity contribution in [3.05, 3.63) is 233 Å². The molecule has 0 saturated heterocycles. The first-order valence-corrected chi connectivity index (χ1v) is 25.8. The highest BCUT2D eigenvalue weighted by Gasteiger charge is 2.41. The molecule has 0 amide bonds. The minimum absolute atomic E-state index is 0.0135. The lowest BCUT2D eigenvalue weighted by Gasteiger charge is -2.34. The zero-order chi connectivity index (χ0) is 50.3. The Morgan fingerprint density at radius 2 is 0.775 bits per heavy atom. The summed E-state index contributed by atoms with van der Waals surface area (Å²) in [5, 5.41) is 2.49. The van der Waals surface area contributed by atoms with Gasteiger partial charge < -0.3 is 4.90 Å². The number of hydrogen-bond acceptors (Lipinski definition) is 1. The third-order valence-corrected chi connectivity index (χ3v) is 15.3. The molecule has 1 unspecified atom stereocenters. The fourth-order valence-corrected chi connectivity index (χ4v) is 11.0. The van der Waals surface area contributed by atoms with Crippen molar-refractivity contribution < 1.29 is 0 Å². The van der Waals surface area contributed by atoms with Crippen LogP contribution in [-0.4, -0.2) is 0 Å². The van der Waals surface area contributed by atoms with E-state index in [4.69, 9.17) is 0 Å². The van der Waals surface area contributed by atoms with E-state index >= 15 is 0 Å². The van der Waals surface area contributed by atoms with E-state index in [1.165, 1.54) is 94.2 Å². The Labute approximate surface area is 425 Å². The Balaban J connectivity index is 1.25. The summed E-state index contributed by atoms with van der Waals surface area (Å²) in [7, 11) is 0. The molecule has 0 radical (unpaired) electrons. The molecule has 1 aliphatic rings. The highest BCUT2D eigenvalue weighted by molar-refractivity contribution is 6.09. The van der Waals surface area contributed by atoms with Gasteiger partial charge in [0.25, 0.3) is 0 Å². The van der Waals surface area contributed by atoms with Crippen molar-refractivity contribution >= 4 is 27.8 Å². The maximum absolute atomic E-state index is 2.58. The Hall–Kier alpha value is -6.96. The van der Waals surface area contributed by atoms with Gasteiger partial charge in [0.1, 0.15) is 0 Å². The number of hydrogen-bond donors (Lipinski definition) is 0. The molecule has 9 aromatic carbocycles. The lowest BCUT2D eigenvalue weighted by atomic mass is 9.74. The number of benzene rings is 9. The maximum Gasteiger partial charge on any atom is 0.0540 e. The van der Waals surface area contributed by atoms with Gasteiger partial charge in [0.2, 0.25) is 0 Å². The van der Waals surface area contributed by atoms with E-state index in [9.17, 15) is 0 Å². The molecule has 0 saturated carbocycles. The van der Waals surface area contributed by atoms with E-state index in [0.29, 0.717) is 0 Å². The molecule has 0 N–H and O–H groups in total. The van der Waals surface area contributed by atoms with Gasteiger partial charge in [-0.15, -0.1) is 0 Å². The molecule has 356 valence electrons. The molecule has 0 aromatic heterocycles. The van der Waals surface area contributed by atoms with E-state index in [1.54, 1.807) is 0 Å². The zero-order valence-electron chi connectivity index (χ0n) is 44.4. The quantitative estimate of drug-likeness (QED) is 0.154. The largest absolute Gasteiger partial charge is 0.309 e. The Bertz CT molecular complexity index is 3400. The van der Waals surface area contributed by atoms with E-state index in [1.807, 2.05) is 0 Å². The summed E-state index contributed by atoms with van der Waals surface area (Å²) in [5.41, 5.74) is 22.1. The van der Waals surface area contributed by atoms with Crippen LogP contribution in [0.1, 0.15) is 129 Å². The van der Waals surface area contributed by atoms with Gasteiger partial charge in [0.05, 0.1) is 11.4 Å². The van der Waals surface area contributed by atoms with Crippen molar-refractivity contribution in [3.8, 4) is 44.5 Å². The van der Waals surface area contributed by atoms with Crippen molar-refractivity contribution in [1.82, 2.24) is 0 Å². The topological polar surface area (TPSA) is 3.24 Å². The Morgan fingerprint density at radius 3 is 1.35 bits per heavy atom. The van der Waals surface area contributed by atoms with Crippen LogP contribution in [0, 0.1) is 0 Å². The lowest BCUT2D eigenvalue weighted by molar-refractivity contribution is 0.568. The average molecular weight is 926 g/mol. The summed E-state index contributed by atoms with van der Waals surface area (Å²) in [6.07, 6.45) is 0. The fourth-order valence-electron chi connectivity index (χ4n) is 11.0. The summed E-state index contributed by atoms with van der Waals surface area (Å²) >= 11 is 0. The van der Waals surface area contributed by atoms with Crippen LogP contribution in [0.4, 0.5) is 17.1 Å². The SMILES string of the molecule is CC(C)(C)c1cc(-c2cccc3cccc(-c4ccccc4N(c4cc(C(C)(C)C)cc(C(C)(C)C)c4)c4ccccc4-c4ccc5c(c4)C(C)(c4ccccc4)c4ccccc4-5)c23)cc(C(C)(C)C)c1. The van der Waals surface area contributed by atoms with Crippen LogP contribution in [0.25, 0.3) is 55.3 Å². The van der Waals surface area contributed by atoms with Crippen molar-refractivity contribution in [3.63, 3.8) is 0 Å². The first kappa shape index (κ1) is 47.7. The first-order chi connectivity index (χ1) is 33.6.